The van der Waals surface area contributed by atoms with Crippen LogP contribution in [0, 0.1) is 13.8 Å². The van der Waals surface area contributed by atoms with Crippen LogP contribution < -0.4 is 5.32 Å². The van der Waals surface area contributed by atoms with Crippen LogP contribution in [0.5, 0.6) is 0 Å². The molecule has 0 bridgehead atoms. The van der Waals surface area contributed by atoms with Crippen LogP contribution in [0.1, 0.15) is 29.5 Å². The highest BCUT2D eigenvalue weighted by Crippen LogP contribution is 2.18. The third kappa shape index (κ3) is 6.91. The van der Waals surface area contributed by atoms with Crippen LogP contribution in [0.4, 0.5) is 0 Å². The summed E-state index contributed by atoms with van der Waals surface area (Å²) in [6.45, 7) is 4.93. The number of hydrogen-bond acceptors (Lipinski definition) is 2. The zero-order valence-corrected chi connectivity index (χ0v) is 14.8. The van der Waals surface area contributed by atoms with Crippen molar-refractivity contribution in [3.8, 4) is 0 Å². The largest absolute Gasteiger partial charge is 0.356 e. The van der Waals surface area contributed by atoms with Crippen molar-refractivity contribution in [3.05, 3.63) is 65.2 Å². The Hall–Kier alpha value is -1.74. The van der Waals surface area contributed by atoms with E-state index in [9.17, 15) is 4.79 Å². The van der Waals surface area contributed by atoms with E-state index in [2.05, 4.69) is 67.7 Å². The van der Waals surface area contributed by atoms with Crippen LogP contribution in [-0.2, 0) is 11.2 Å². The van der Waals surface area contributed by atoms with Gasteiger partial charge in [0.25, 0.3) is 0 Å². The molecule has 0 aliphatic carbocycles. The summed E-state index contributed by atoms with van der Waals surface area (Å²) in [5.74, 6) is 0.973. The van der Waals surface area contributed by atoms with Gasteiger partial charge in [-0.05, 0) is 44.4 Å². The van der Waals surface area contributed by atoms with Crippen molar-refractivity contribution >= 4 is 17.7 Å². The molecule has 2 aromatic rings. The number of carbonyl (C=O) groups is 1. The van der Waals surface area contributed by atoms with Gasteiger partial charge in [0.15, 0.2) is 0 Å². The highest BCUT2D eigenvalue weighted by atomic mass is 32.2. The van der Waals surface area contributed by atoms with Crippen molar-refractivity contribution < 1.29 is 4.79 Å². The Kier molecular flexibility index (Phi) is 7.21. The van der Waals surface area contributed by atoms with Gasteiger partial charge in [-0.15, -0.1) is 11.8 Å². The average Bonchev–Trinajstić information content (AvgIpc) is 2.55. The number of benzene rings is 2. The lowest BCUT2D eigenvalue weighted by molar-refractivity contribution is -0.120. The van der Waals surface area contributed by atoms with Gasteiger partial charge in [0.2, 0.25) is 5.91 Å². The average molecular weight is 327 g/mol. The summed E-state index contributed by atoms with van der Waals surface area (Å²) in [6.07, 6.45) is 2.57. The van der Waals surface area contributed by atoms with E-state index < -0.39 is 0 Å². The number of amides is 1. The van der Waals surface area contributed by atoms with Gasteiger partial charge in [0.05, 0.1) is 0 Å². The maximum Gasteiger partial charge on any atom is 0.220 e. The summed E-state index contributed by atoms with van der Waals surface area (Å²) < 4.78 is 0. The van der Waals surface area contributed by atoms with Gasteiger partial charge in [-0.1, -0.05) is 47.5 Å². The van der Waals surface area contributed by atoms with Gasteiger partial charge in [-0.3, -0.25) is 4.79 Å². The minimum Gasteiger partial charge on any atom is -0.356 e. The first-order valence-corrected chi connectivity index (χ1v) is 9.14. The molecule has 3 heteroatoms. The Morgan fingerprint density at radius 3 is 2.22 bits per heavy atom. The van der Waals surface area contributed by atoms with Gasteiger partial charge in [0.1, 0.15) is 0 Å². The van der Waals surface area contributed by atoms with E-state index in [0.717, 1.165) is 25.1 Å². The highest BCUT2D eigenvalue weighted by molar-refractivity contribution is 7.99. The van der Waals surface area contributed by atoms with Crippen LogP contribution in [0.3, 0.4) is 0 Å². The van der Waals surface area contributed by atoms with Crippen LogP contribution in [0.15, 0.2) is 53.4 Å². The zero-order valence-electron chi connectivity index (χ0n) is 14.0. The molecule has 0 fully saturated rings. The maximum atomic E-state index is 11.8. The van der Waals surface area contributed by atoms with Crippen LogP contribution >= 0.6 is 11.8 Å². The predicted molar refractivity (Wildman–Crippen MR) is 99.0 cm³/mol. The van der Waals surface area contributed by atoms with Crippen molar-refractivity contribution in [2.45, 2.75) is 38.0 Å². The van der Waals surface area contributed by atoms with E-state index in [1.54, 1.807) is 11.8 Å². The summed E-state index contributed by atoms with van der Waals surface area (Å²) in [5.41, 5.74) is 3.88. The third-order valence-electron chi connectivity index (χ3n) is 3.70. The number of aryl methyl sites for hydroxylation is 3. The molecule has 0 atom stereocenters. The van der Waals surface area contributed by atoms with Crippen LogP contribution in [0.25, 0.3) is 0 Å². The monoisotopic (exact) mass is 327 g/mol. The number of rotatable bonds is 8. The first-order valence-electron chi connectivity index (χ1n) is 8.15. The smallest absolute Gasteiger partial charge is 0.220 e. The maximum absolute atomic E-state index is 11.8. The molecule has 0 saturated carbocycles. The van der Waals surface area contributed by atoms with E-state index in [4.69, 9.17) is 0 Å². The lowest BCUT2D eigenvalue weighted by atomic mass is 10.1. The molecule has 122 valence electrons. The van der Waals surface area contributed by atoms with Gasteiger partial charge in [0, 0.05) is 23.6 Å². The molecule has 0 radical (unpaired) electrons. The summed E-state index contributed by atoms with van der Waals surface area (Å²) in [4.78, 5) is 13.0. The predicted octanol–water partition coefficient (Wildman–Crippen LogP) is 4.53. The van der Waals surface area contributed by atoms with Gasteiger partial charge in [-0.2, -0.15) is 0 Å². The molecule has 0 heterocycles. The lowest BCUT2D eigenvalue weighted by Crippen LogP contribution is -2.24. The second-order valence-corrected chi connectivity index (χ2v) is 7.02. The van der Waals surface area contributed by atoms with Gasteiger partial charge in [-0.25, -0.2) is 0 Å². The molecule has 0 unspecified atom stereocenters. The molecule has 2 rings (SSSR count). The van der Waals surface area contributed by atoms with Crippen molar-refractivity contribution in [2.24, 2.45) is 0 Å². The molecule has 0 aliphatic heterocycles. The van der Waals surface area contributed by atoms with E-state index in [-0.39, 0.29) is 5.91 Å². The quantitative estimate of drug-likeness (QED) is 0.570. The SMILES string of the molecule is Cc1ccc(CCCNC(=O)CCSc2ccc(C)cc2)cc1. The van der Waals surface area contributed by atoms with E-state index >= 15 is 0 Å². The summed E-state index contributed by atoms with van der Waals surface area (Å²) in [7, 11) is 0. The molecular formula is C20H25NOS. The molecule has 1 N–H and O–H groups in total. The number of hydrogen-bond donors (Lipinski definition) is 1. The fourth-order valence-electron chi connectivity index (χ4n) is 2.26. The van der Waals surface area contributed by atoms with Crippen molar-refractivity contribution in [2.75, 3.05) is 12.3 Å². The van der Waals surface area contributed by atoms with Crippen LogP contribution in [0.2, 0.25) is 0 Å². The molecule has 23 heavy (non-hydrogen) atoms. The first kappa shape index (κ1) is 17.6. The third-order valence-corrected chi connectivity index (χ3v) is 4.72. The second-order valence-electron chi connectivity index (χ2n) is 5.85. The van der Waals surface area contributed by atoms with E-state index in [1.165, 1.54) is 21.6 Å². The van der Waals surface area contributed by atoms with Crippen molar-refractivity contribution in [1.82, 2.24) is 5.32 Å². The second kappa shape index (κ2) is 9.41. The minimum atomic E-state index is 0.147. The molecule has 0 saturated heterocycles. The highest BCUT2D eigenvalue weighted by Gasteiger charge is 2.02. The van der Waals surface area contributed by atoms with E-state index in [0.29, 0.717) is 6.42 Å². The van der Waals surface area contributed by atoms with Crippen molar-refractivity contribution in [1.29, 1.82) is 0 Å². The molecule has 2 aromatic carbocycles. The summed E-state index contributed by atoms with van der Waals surface area (Å²) in [6, 6.07) is 17.0. The summed E-state index contributed by atoms with van der Waals surface area (Å²) >= 11 is 1.73. The normalized spacial score (nSPS) is 10.5. The topological polar surface area (TPSA) is 29.1 Å². The molecule has 0 aromatic heterocycles. The standard InChI is InChI=1S/C20H25NOS/c1-16-5-9-18(10-6-16)4-3-14-21-20(22)13-15-23-19-11-7-17(2)8-12-19/h5-12H,3-4,13-15H2,1-2H3,(H,21,22). The molecule has 1 amide bonds. The van der Waals surface area contributed by atoms with Gasteiger partial charge < -0.3 is 5.32 Å². The number of carbonyl (C=O) groups excluding carboxylic acids is 1. The van der Waals surface area contributed by atoms with Crippen molar-refractivity contribution in [3.63, 3.8) is 0 Å². The number of nitrogens with one attached hydrogen (secondary N) is 1. The fourth-order valence-corrected chi connectivity index (χ4v) is 3.11. The molecular weight excluding hydrogens is 302 g/mol. The zero-order chi connectivity index (χ0) is 16.5. The Labute approximate surface area is 143 Å². The lowest BCUT2D eigenvalue weighted by Gasteiger charge is -2.06. The molecule has 0 spiro atoms. The Morgan fingerprint density at radius 2 is 1.57 bits per heavy atom. The molecule has 0 aliphatic rings. The Morgan fingerprint density at radius 1 is 0.957 bits per heavy atom. The first-order chi connectivity index (χ1) is 11.1. The van der Waals surface area contributed by atoms with E-state index in [1.807, 2.05) is 0 Å². The van der Waals surface area contributed by atoms with Gasteiger partial charge >= 0.3 is 0 Å². The Balaban J connectivity index is 1.56. The fraction of sp³-hybridized carbons (Fsp3) is 0.350. The van der Waals surface area contributed by atoms with Crippen LogP contribution in [-0.4, -0.2) is 18.2 Å². The Bertz CT molecular complexity index is 605. The minimum absolute atomic E-state index is 0.147. The summed E-state index contributed by atoms with van der Waals surface area (Å²) in [5, 5.41) is 3.01. The molecule has 2 nitrogen and oxygen atoms in total. The number of thioether (sulfide) groups is 1.